The smallest absolute Gasteiger partial charge is 0.224 e. The molecule has 1 aromatic rings. The summed E-state index contributed by atoms with van der Waals surface area (Å²) in [5.41, 5.74) is 7.31. The van der Waals surface area contributed by atoms with Crippen LogP contribution in [0.3, 0.4) is 0 Å². The summed E-state index contributed by atoms with van der Waals surface area (Å²) in [6.07, 6.45) is 2.27. The number of halogens is 1. The molecule has 16 heavy (non-hydrogen) atoms. The van der Waals surface area contributed by atoms with E-state index in [1.807, 2.05) is 25.1 Å². The SMILES string of the molecule is Cc1ccc(Br)cc1NC(=O)CCCCN. The molecule has 0 fully saturated rings. The highest BCUT2D eigenvalue weighted by Gasteiger charge is 2.04. The summed E-state index contributed by atoms with van der Waals surface area (Å²) in [6, 6.07) is 5.84. The average molecular weight is 285 g/mol. The Balaban J connectivity index is 2.52. The van der Waals surface area contributed by atoms with Gasteiger partial charge in [-0.25, -0.2) is 0 Å². The Morgan fingerprint density at radius 2 is 2.19 bits per heavy atom. The third kappa shape index (κ3) is 4.33. The molecule has 0 spiro atoms. The average Bonchev–Trinajstić information content (AvgIpc) is 2.24. The minimum absolute atomic E-state index is 0.0506. The van der Waals surface area contributed by atoms with Gasteiger partial charge in [-0.05, 0) is 44.0 Å². The number of nitrogens with one attached hydrogen (secondary N) is 1. The lowest BCUT2D eigenvalue weighted by Gasteiger charge is -2.08. The van der Waals surface area contributed by atoms with Crippen LogP contribution in [0.25, 0.3) is 0 Å². The molecule has 88 valence electrons. The first-order valence-corrected chi connectivity index (χ1v) is 6.19. The molecule has 0 aliphatic carbocycles. The highest BCUT2D eigenvalue weighted by Crippen LogP contribution is 2.20. The van der Waals surface area contributed by atoms with Gasteiger partial charge in [0, 0.05) is 16.6 Å². The maximum atomic E-state index is 11.6. The first-order valence-electron chi connectivity index (χ1n) is 5.39. The van der Waals surface area contributed by atoms with Gasteiger partial charge in [0.05, 0.1) is 0 Å². The zero-order valence-electron chi connectivity index (χ0n) is 9.42. The van der Waals surface area contributed by atoms with Crippen molar-refractivity contribution >= 4 is 27.5 Å². The number of amides is 1. The molecule has 0 radical (unpaired) electrons. The lowest BCUT2D eigenvalue weighted by atomic mass is 10.2. The number of anilines is 1. The third-order valence-corrected chi connectivity index (χ3v) is 2.82. The van der Waals surface area contributed by atoms with E-state index in [0.29, 0.717) is 13.0 Å². The minimum Gasteiger partial charge on any atom is -0.330 e. The fraction of sp³-hybridized carbons (Fsp3) is 0.417. The van der Waals surface area contributed by atoms with Crippen molar-refractivity contribution < 1.29 is 4.79 Å². The third-order valence-electron chi connectivity index (χ3n) is 2.33. The zero-order valence-corrected chi connectivity index (χ0v) is 11.0. The van der Waals surface area contributed by atoms with Gasteiger partial charge >= 0.3 is 0 Å². The summed E-state index contributed by atoms with van der Waals surface area (Å²) >= 11 is 3.38. The lowest BCUT2D eigenvalue weighted by molar-refractivity contribution is -0.116. The number of unbranched alkanes of at least 4 members (excludes halogenated alkanes) is 1. The molecule has 0 unspecified atom stereocenters. The topological polar surface area (TPSA) is 55.1 Å². The Morgan fingerprint density at radius 3 is 2.88 bits per heavy atom. The zero-order chi connectivity index (χ0) is 12.0. The van der Waals surface area contributed by atoms with E-state index in [0.717, 1.165) is 28.6 Å². The molecule has 0 aliphatic rings. The van der Waals surface area contributed by atoms with E-state index in [9.17, 15) is 4.79 Å². The van der Waals surface area contributed by atoms with Crippen LogP contribution in [0.1, 0.15) is 24.8 Å². The highest BCUT2D eigenvalue weighted by atomic mass is 79.9. The van der Waals surface area contributed by atoms with Crippen LogP contribution in [0.4, 0.5) is 5.69 Å². The Labute approximate surface area is 105 Å². The van der Waals surface area contributed by atoms with Gasteiger partial charge in [0.2, 0.25) is 5.91 Å². The van der Waals surface area contributed by atoms with Gasteiger partial charge in [0.25, 0.3) is 0 Å². The predicted octanol–water partition coefficient (Wildman–Crippen LogP) is 2.83. The second kappa shape index (κ2) is 6.66. The van der Waals surface area contributed by atoms with E-state index >= 15 is 0 Å². The predicted molar refractivity (Wildman–Crippen MR) is 70.4 cm³/mol. The molecule has 4 heteroatoms. The van der Waals surface area contributed by atoms with Crippen molar-refractivity contribution in [1.29, 1.82) is 0 Å². The van der Waals surface area contributed by atoms with Gasteiger partial charge in [-0.2, -0.15) is 0 Å². The number of rotatable bonds is 5. The summed E-state index contributed by atoms with van der Waals surface area (Å²) in [4.78, 5) is 11.6. The van der Waals surface area contributed by atoms with Crippen LogP contribution >= 0.6 is 15.9 Å². The van der Waals surface area contributed by atoms with Gasteiger partial charge in [-0.3, -0.25) is 4.79 Å². The number of benzene rings is 1. The van der Waals surface area contributed by atoms with Gasteiger partial charge in [-0.1, -0.05) is 22.0 Å². The first kappa shape index (κ1) is 13.2. The molecule has 3 nitrogen and oxygen atoms in total. The summed E-state index contributed by atoms with van der Waals surface area (Å²) in [6.45, 7) is 2.62. The molecule has 0 aromatic heterocycles. The fourth-order valence-electron chi connectivity index (χ4n) is 1.37. The molecule has 1 aromatic carbocycles. The van der Waals surface area contributed by atoms with E-state index in [1.54, 1.807) is 0 Å². The van der Waals surface area contributed by atoms with Crippen LogP contribution in [0.5, 0.6) is 0 Å². The maximum Gasteiger partial charge on any atom is 0.224 e. The fourth-order valence-corrected chi connectivity index (χ4v) is 1.73. The van der Waals surface area contributed by atoms with Crippen molar-refractivity contribution in [3.63, 3.8) is 0 Å². The molecule has 0 saturated heterocycles. The number of nitrogens with two attached hydrogens (primary N) is 1. The molecule has 0 bridgehead atoms. The molecule has 1 rings (SSSR count). The van der Waals surface area contributed by atoms with Crippen molar-refractivity contribution in [2.75, 3.05) is 11.9 Å². The maximum absolute atomic E-state index is 11.6. The number of carbonyl (C=O) groups is 1. The van der Waals surface area contributed by atoms with Crippen LogP contribution in [-0.4, -0.2) is 12.5 Å². The summed E-state index contributed by atoms with van der Waals surface area (Å²) < 4.78 is 0.968. The molecular weight excluding hydrogens is 268 g/mol. The van der Waals surface area contributed by atoms with Crippen molar-refractivity contribution in [3.05, 3.63) is 28.2 Å². The summed E-state index contributed by atoms with van der Waals surface area (Å²) in [7, 11) is 0. The molecule has 1 amide bonds. The monoisotopic (exact) mass is 284 g/mol. The second-order valence-electron chi connectivity index (χ2n) is 3.75. The molecule has 0 atom stereocenters. The summed E-state index contributed by atoms with van der Waals surface area (Å²) in [5, 5.41) is 2.90. The van der Waals surface area contributed by atoms with Crippen LogP contribution in [0.2, 0.25) is 0 Å². The standard InChI is InChI=1S/C12H17BrN2O/c1-9-5-6-10(13)8-11(9)15-12(16)4-2-3-7-14/h5-6,8H,2-4,7,14H2,1H3,(H,15,16). The number of carbonyl (C=O) groups excluding carboxylic acids is 1. The van der Waals surface area contributed by atoms with Crippen LogP contribution in [0, 0.1) is 6.92 Å². The summed E-state index contributed by atoms with van der Waals surface area (Å²) in [5.74, 6) is 0.0506. The minimum atomic E-state index is 0.0506. The van der Waals surface area contributed by atoms with Crippen molar-refractivity contribution in [1.82, 2.24) is 0 Å². The molecule has 0 heterocycles. The Hall–Kier alpha value is -0.870. The van der Waals surface area contributed by atoms with Gasteiger partial charge in [0.1, 0.15) is 0 Å². The van der Waals surface area contributed by atoms with Gasteiger partial charge in [0.15, 0.2) is 0 Å². The molecule has 3 N–H and O–H groups in total. The van der Waals surface area contributed by atoms with Crippen molar-refractivity contribution in [3.8, 4) is 0 Å². The Kier molecular flexibility index (Phi) is 5.49. The Bertz CT molecular complexity index is 366. The Morgan fingerprint density at radius 1 is 1.44 bits per heavy atom. The number of hydrogen-bond donors (Lipinski definition) is 2. The molecular formula is C12H17BrN2O. The van der Waals surface area contributed by atoms with E-state index in [-0.39, 0.29) is 5.91 Å². The van der Waals surface area contributed by atoms with Gasteiger partial charge < -0.3 is 11.1 Å². The highest BCUT2D eigenvalue weighted by molar-refractivity contribution is 9.10. The second-order valence-corrected chi connectivity index (χ2v) is 4.67. The number of aryl methyl sites for hydroxylation is 1. The van der Waals surface area contributed by atoms with E-state index in [4.69, 9.17) is 5.73 Å². The van der Waals surface area contributed by atoms with E-state index < -0.39 is 0 Å². The van der Waals surface area contributed by atoms with Crippen LogP contribution < -0.4 is 11.1 Å². The lowest BCUT2D eigenvalue weighted by Crippen LogP contribution is -2.12. The largest absolute Gasteiger partial charge is 0.330 e. The normalized spacial score (nSPS) is 10.2. The molecule has 0 saturated carbocycles. The van der Waals surface area contributed by atoms with Crippen LogP contribution in [0.15, 0.2) is 22.7 Å². The quantitative estimate of drug-likeness (QED) is 0.817. The van der Waals surface area contributed by atoms with E-state index in [2.05, 4.69) is 21.2 Å². The van der Waals surface area contributed by atoms with Gasteiger partial charge in [-0.15, -0.1) is 0 Å². The first-order chi connectivity index (χ1) is 7.63. The van der Waals surface area contributed by atoms with Crippen LogP contribution in [-0.2, 0) is 4.79 Å². The van der Waals surface area contributed by atoms with Crippen molar-refractivity contribution in [2.24, 2.45) is 5.73 Å². The van der Waals surface area contributed by atoms with E-state index in [1.165, 1.54) is 0 Å². The molecule has 0 aliphatic heterocycles. The van der Waals surface area contributed by atoms with Crippen molar-refractivity contribution in [2.45, 2.75) is 26.2 Å². The number of hydrogen-bond acceptors (Lipinski definition) is 2.